The lowest BCUT2D eigenvalue weighted by Crippen LogP contribution is -2.50. The van der Waals surface area contributed by atoms with Crippen molar-refractivity contribution in [2.75, 3.05) is 68.2 Å². The monoisotopic (exact) mass is 839 g/mol. The Balaban J connectivity index is 1.24. The number of ether oxygens (including phenoxy) is 4. The molecule has 5 N–H and O–H groups in total. The SMILES string of the molecule is COc1cc(Nc2cc(Oc3ccc(N(C(N)=O)c4cc(C(C)(C)C)cc(NS(C)(=O)=O)c4OC)c4ccccc34)ccn2)ccc1C(=O)NCCN1CCOC(C)(C)C1. The molecule has 15 nitrogen and oxygen atoms in total. The third-order valence-electron chi connectivity index (χ3n) is 9.89. The van der Waals surface area contributed by atoms with E-state index < -0.39 is 21.5 Å². The number of urea groups is 1. The van der Waals surface area contributed by atoms with Gasteiger partial charge >= 0.3 is 6.03 Å². The van der Waals surface area contributed by atoms with Crippen molar-refractivity contribution in [2.45, 2.75) is 45.6 Å². The molecule has 1 fully saturated rings. The normalized spacial score (nSPS) is 14.3. The van der Waals surface area contributed by atoms with Crippen molar-refractivity contribution >= 4 is 61.3 Å². The summed E-state index contributed by atoms with van der Waals surface area (Å²) in [5.74, 6) is 1.72. The zero-order chi connectivity index (χ0) is 43.4. The van der Waals surface area contributed by atoms with Crippen molar-refractivity contribution in [3.05, 3.63) is 96.2 Å². The quantitative estimate of drug-likeness (QED) is 0.0867. The van der Waals surface area contributed by atoms with Gasteiger partial charge in [-0.25, -0.2) is 18.2 Å². The number of hydrogen-bond acceptors (Lipinski definition) is 11. The van der Waals surface area contributed by atoms with E-state index in [1.807, 2.05) is 45.0 Å². The maximum atomic E-state index is 13.4. The molecule has 1 aromatic heterocycles. The van der Waals surface area contributed by atoms with Gasteiger partial charge in [0.2, 0.25) is 10.0 Å². The Morgan fingerprint density at radius 2 is 1.70 bits per heavy atom. The number of pyridine rings is 1. The number of aromatic nitrogens is 1. The summed E-state index contributed by atoms with van der Waals surface area (Å²) in [4.78, 5) is 34.6. The Labute approximate surface area is 351 Å². The first-order chi connectivity index (χ1) is 28.4. The molecule has 4 aromatic carbocycles. The van der Waals surface area contributed by atoms with Gasteiger partial charge in [-0.3, -0.25) is 19.3 Å². The Kier molecular flexibility index (Phi) is 12.8. The van der Waals surface area contributed by atoms with Crippen LogP contribution in [0.5, 0.6) is 23.0 Å². The fraction of sp³-hybridized carbons (Fsp3) is 0.341. The summed E-state index contributed by atoms with van der Waals surface area (Å²) in [7, 11) is -0.806. The van der Waals surface area contributed by atoms with Gasteiger partial charge in [0.05, 0.1) is 55.3 Å². The number of amides is 3. The highest BCUT2D eigenvalue weighted by Crippen LogP contribution is 2.46. The number of morpholine rings is 1. The molecule has 1 aliphatic rings. The number of nitrogens with two attached hydrogens (primary N) is 1. The van der Waals surface area contributed by atoms with Crippen LogP contribution < -0.4 is 40.2 Å². The van der Waals surface area contributed by atoms with Crippen LogP contribution in [0.15, 0.2) is 85.1 Å². The number of carbonyl (C=O) groups excluding carboxylic acids is 2. The van der Waals surface area contributed by atoms with E-state index in [0.717, 1.165) is 24.9 Å². The summed E-state index contributed by atoms with van der Waals surface area (Å²) in [5, 5.41) is 7.56. The zero-order valence-corrected chi connectivity index (χ0v) is 36.0. The van der Waals surface area contributed by atoms with Crippen molar-refractivity contribution in [3.8, 4) is 23.0 Å². The van der Waals surface area contributed by atoms with E-state index in [1.54, 1.807) is 60.8 Å². The van der Waals surface area contributed by atoms with Gasteiger partial charge in [0.15, 0.2) is 5.75 Å². The Morgan fingerprint density at radius 3 is 2.37 bits per heavy atom. The molecule has 0 aliphatic carbocycles. The fourth-order valence-electron chi connectivity index (χ4n) is 7.11. The maximum absolute atomic E-state index is 13.4. The number of carbonyl (C=O) groups is 2. The number of hydrogen-bond donors (Lipinski definition) is 4. The molecule has 16 heteroatoms. The summed E-state index contributed by atoms with van der Waals surface area (Å²) in [6.07, 6.45) is 2.65. The smallest absolute Gasteiger partial charge is 0.324 e. The second kappa shape index (κ2) is 17.6. The minimum absolute atomic E-state index is 0.118. The predicted molar refractivity (Wildman–Crippen MR) is 235 cm³/mol. The summed E-state index contributed by atoms with van der Waals surface area (Å²) < 4.78 is 50.9. The minimum atomic E-state index is -3.72. The van der Waals surface area contributed by atoms with E-state index >= 15 is 0 Å². The topological polar surface area (TPSA) is 187 Å². The standard InChI is InChI=1S/C44H53N7O8S/c1-43(2,3)28-23-34(49-60(8,54)55)40(57-7)36(24-28)51(42(45)53)35-15-16-37(32-12-10-9-11-31(32)35)59-30-17-18-46-39(26-30)48-29-13-14-33(38(25-29)56-6)41(52)47-19-20-50-21-22-58-44(4,5)27-50/h9-18,23-26,49H,19-22,27H2,1-8H3,(H2,45,53)(H,46,48)(H,47,52). The molecule has 3 amide bonds. The van der Waals surface area contributed by atoms with Crippen molar-refractivity contribution in [1.82, 2.24) is 15.2 Å². The molecule has 0 radical (unpaired) electrons. The first-order valence-corrected chi connectivity index (χ1v) is 21.3. The van der Waals surface area contributed by atoms with Crippen molar-refractivity contribution in [3.63, 3.8) is 0 Å². The van der Waals surface area contributed by atoms with Gasteiger partial charge in [-0.2, -0.15) is 0 Å². The average molecular weight is 840 g/mol. The lowest BCUT2D eigenvalue weighted by Gasteiger charge is -2.38. The lowest BCUT2D eigenvalue weighted by molar-refractivity contribution is -0.0853. The highest BCUT2D eigenvalue weighted by atomic mass is 32.2. The molecular formula is C44H53N7O8S. The number of anilines is 5. The van der Waals surface area contributed by atoms with Crippen molar-refractivity contribution in [1.29, 1.82) is 0 Å². The number of rotatable bonds is 14. The molecule has 318 valence electrons. The van der Waals surface area contributed by atoms with Gasteiger partial charge in [0.25, 0.3) is 5.91 Å². The van der Waals surface area contributed by atoms with E-state index in [4.69, 9.17) is 24.7 Å². The van der Waals surface area contributed by atoms with Crippen LogP contribution in [0, 0.1) is 0 Å². The van der Waals surface area contributed by atoms with Crippen LogP contribution in [-0.4, -0.2) is 89.1 Å². The second-order valence-corrected chi connectivity index (χ2v) is 17.9. The fourth-order valence-corrected chi connectivity index (χ4v) is 7.66. The van der Waals surface area contributed by atoms with E-state index in [1.165, 1.54) is 19.1 Å². The van der Waals surface area contributed by atoms with Crippen LogP contribution in [0.4, 0.5) is 33.4 Å². The first kappa shape index (κ1) is 43.5. The van der Waals surface area contributed by atoms with E-state index in [-0.39, 0.29) is 28.6 Å². The minimum Gasteiger partial charge on any atom is -0.496 e. The number of benzene rings is 4. The zero-order valence-electron chi connectivity index (χ0n) is 35.2. The van der Waals surface area contributed by atoms with E-state index in [9.17, 15) is 18.0 Å². The summed E-state index contributed by atoms with van der Waals surface area (Å²) >= 11 is 0. The Morgan fingerprint density at radius 1 is 0.950 bits per heavy atom. The van der Waals surface area contributed by atoms with Crippen LogP contribution in [-0.2, 0) is 20.2 Å². The number of methoxy groups -OCH3 is 2. The number of sulfonamides is 1. The van der Waals surface area contributed by atoms with Crippen LogP contribution in [0.1, 0.15) is 50.5 Å². The average Bonchev–Trinajstić information content (AvgIpc) is 3.17. The second-order valence-electron chi connectivity index (χ2n) is 16.2. The van der Waals surface area contributed by atoms with Crippen LogP contribution in [0.2, 0.25) is 0 Å². The van der Waals surface area contributed by atoms with Crippen LogP contribution >= 0.6 is 0 Å². The molecular weight excluding hydrogens is 787 g/mol. The number of nitrogens with zero attached hydrogens (tertiary/aromatic N) is 3. The molecule has 6 rings (SSSR count). The van der Waals surface area contributed by atoms with Gasteiger partial charge in [-0.05, 0) is 67.3 Å². The van der Waals surface area contributed by atoms with Gasteiger partial charge in [0, 0.05) is 61.0 Å². The molecule has 0 bridgehead atoms. The molecule has 60 heavy (non-hydrogen) atoms. The molecule has 5 aromatic rings. The highest BCUT2D eigenvalue weighted by Gasteiger charge is 2.29. The lowest BCUT2D eigenvalue weighted by atomic mass is 9.86. The van der Waals surface area contributed by atoms with Crippen LogP contribution in [0.3, 0.4) is 0 Å². The third-order valence-corrected chi connectivity index (χ3v) is 10.5. The van der Waals surface area contributed by atoms with Gasteiger partial charge in [0.1, 0.15) is 23.1 Å². The van der Waals surface area contributed by atoms with Gasteiger partial charge in [-0.15, -0.1) is 0 Å². The largest absolute Gasteiger partial charge is 0.496 e. The first-order valence-electron chi connectivity index (χ1n) is 19.4. The summed E-state index contributed by atoms with van der Waals surface area (Å²) in [6.45, 7) is 13.5. The van der Waals surface area contributed by atoms with Crippen molar-refractivity contribution < 1.29 is 37.0 Å². The molecule has 0 saturated carbocycles. The number of primary amides is 1. The molecule has 1 aliphatic heterocycles. The molecule has 1 saturated heterocycles. The van der Waals surface area contributed by atoms with Gasteiger partial charge in [-0.1, -0.05) is 45.0 Å². The third kappa shape index (κ3) is 10.4. The molecule has 2 heterocycles. The van der Waals surface area contributed by atoms with E-state index in [0.29, 0.717) is 70.5 Å². The van der Waals surface area contributed by atoms with Crippen molar-refractivity contribution in [2.24, 2.45) is 5.73 Å². The summed E-state index contributed by atoms with van der Waals surface area (Å²) in [6, 6.07) is 22.1. The maximum Gasteiger partial charge on any atom is 0.324 e. The number of nitrogens with one attached hydrogen (secondary N) is 3. The summed E-state index contributed by atoms with van der Waals surface area (Å²) in [5.41, 5.74) is 8.08. The Hall–Kier alpha value is -6.10. The highest BCUT2D eigenvalue weighted by molar-refractivity contribution is 7.92. The molecule has 0 unspecified atom stereocenters. The van der Waals surface area contributed by atoms with E-state index in [2.05, 4.69) is 39.1 Å². The number of fused-ring (bicyclic) bond motifs is 1. The van der Waals surface area contributed by atoms with Gasteiger partial charge < -0.3 is 35.3 Å². The molecule has 0 atom stereocenters. The molecule has 0 spiro atoms. The Bertz CT molecular complexity index is 2510. The van der Waals surface area contributed by atoms with Crippen LogP contribution in [0.25, 0.3) is 10.8 Å². The predicted octanol–water partition coefficient (Wildman–Crippen LogP) is 7.51.